The number of imidazole rings is 1. The molecule has 0 radical (unpaired) electrons. The number of anilines is 1. The molecule has 2 aromatic rings. The summed E-state index contributed by atoms with van der Waals surface area (Å²) in [7, 11) is 0. The van der Waals surface area contributed by atoms with Gasteiger partial charge in [0.25, 0.3) is 0 Å². The minimum absolute atomic E-state index is 0.00537. The maximum atomic E-state index is 10.7. The molecule has 0 saturated heterocycles. The van der Waals surface area contributed by atoms with Crippen LogP contribution in [0.4, 0.5) is 5.82 Å². The van der Waals surface area contributed by atoms with Crippen molar-refractivity contribution in [3.05, 3.63) is 24.0 Å². The average Bonchev–Trinajstić information content (AvgIpc) is 2.59. The summed E-state index contributed by atoms with van der Waals surface area (Å²) in [6, 6.07) is 3.77. The van der Waals surface area contributed by atoms with Crippen LogP contribution in [0.5, 0.6) is 0 Å². The third-order valence-corrected chi connectivity index (χ3v) is 1.98. The maximum absolute atomic E-state index is 10.7. The van der Waals surface area contributed by atoms with Gasteiger partial charge < -0.3 is 10.4 Å². The fourth-order valence-corrected chi connectivity index (χ4v) is 1.36. The normalized spacial score (nSPS) is 10.9. The van der Waals surface area contributed by atoms with Crippen molar-refractivity contribution in [1.29, 1.82) is 0 Å². The first kappa shape index (κ1) is 10.4. The lowest BCUT2D eigenvalue weighted by molar-refractivity contribution is 0.0691. The number of carboxylic acid groups (broad SMARTS) is 1. The van der Waals surface area contributed by atoms with Crippen LogP contribution in [0.25, 0.3) is 5.65 Å². The van der Waals surface area contributed by atoms with E-state index in [1.807, 2.05) is 13.8 Å². The van der Waals surface area contributed by atoms with E-state index in [4.69, 9.17) is 5.11 Å². The van der Waals surface area contributed by atoms with Crippen molar-refractivity contribution < 1.29 is 9.90 Å². The van der Waals surface area contributed by atoms with Crippen molar-refractivity contribution in [3.63, 3.8) is 0 Å². The highest BCUT2D eigenvalue weighted by Crippen LogP contribution is 2.08. The van der Waals surface area contributed by atoms with Gasteiger partial charge in [-0.05, 0) is 26.0 Å². The number of hydrogen-bond donors (Lipinski definition) is 2. The van der Waals surface area contributed by atoms with Gasteiger partial charge in [-0.1, -0.05) is 0 Å². The molecule has 0 amide bonds. The average molecular weight is 220 g/mol. The second-order valence-corrected chi connectivity index (χ2v) is 3.75. The van der Waals surface area contributed by atoms with Crippen LogP contribution in [0, 0.1) is 0 Å². The Morgan fingerprint density at radius 1 is 1.50 bits per heavy atom. The zero-order valence-electron chi connectivity index (χ0n) is 9.01. The van der Waals surface area contributed by atoms with Crippen LogP contribution in [-0.2, 0) is 0 Å². The summed E-state index contributed by atoms with van der Waals surface area (Å²) in [6.07, 6.45) is 1.39. The van der Waals surface area contributed by atoms with E-state index in [0.29, 0.717) is 11.5 Å². The van der Waals surface area contributed by atoms with Crippen molar-refractivity contribution in [2.75, 3.05) is 5.32 Å². The lowest BCUT2D eigenvalue weighted by Crippen LogP contribution is -2.11. The number of nitrogens with one attached hydrogen (secondary N) is 1. The lowest BCUT2D eigenvalue weighted by Gasteiger charge is -2.07. The van der Waals surface area contributed by atoms with E-state index >= 15 is 0 Å². The topological polar surface area (TPSA) is 79.5 Å². The molecule has 0 saturated carbocycles. The fourth-order valence-electron chi connectivity index (χ4n) is 1.36. The van der Waals surface area contributed by atoms with E-state index in [2.05, 4.69) is 15.4 Å². The maximum Gasteiger partial charge on any atom is 0.356 e. The molecule has 84 valence electrons. The Bertz CT molecular complexity index is 533. The molecule has 0 aliphatic rings. The second-order valence-electron chi connectivity index (χ2n) is 3.75. The third-order valence-electron chi connectivity index (χ3n) is 1.98. The Balaban J connectivity index is 2.41. The van der Waals surface area contributed by atoms with Crippen molar-refractivity contribution in [2.45, 2.75) is 19.9 Å². The first-order chi connectivity index (χ1) is 7.56. The van der Waals surface area contributed by atoms with Gasteiger partial charge in [-0.3, -0.25) is 0 Å². The molecule has 2 N–H and O–H groups in total. The first-order valence-electron chi connectivity index (χ1n) is 4.92. The highest BCUT2D eigenvalue weighted by Gasteiger charge is 2.09. The van der Waals surface area contributed by atoms with Crippen molar-refractivity contribution in [3.8, 4) is 0 Å². The third kappa shape index (κ3) is 1.95. The van der Waals surface area contributed by atoms with Gasteiger partial charge in [-0.25, -0.2) is 14.3 Å². The van der Waals surface area contributed by atoms with E-state index < -0.39 is 5.97 Å². The number of nitrogens with zero attached hydrogens (tertiary/aromatic N) is 3. The number of carboxylic acids is 1. The molecule has 0 fully saturated rings. The van der Waals surface area contributed by atoms with Gasteiger partial charge in [0.05, 0.1) is 6.20 Å². The molecular weight excluding hydrogens is 208 g/mol. The smallest absolute Gasteiger partial charge is 0.356 e. The quantitative estimate of drug-likeness (QED) is 0.813. The number of fused-ring (bicyclic) bond motifs is 1. The molecule has 0 atom stereocenters. The SMILES string of the molecule is CC(C)Nc1ccc2nc(C(=O)O)cn2n1. The van der Waals surface area contributed by atoms with Crippen LogP contribution in [0.2, 0.25) is 0 Å². The van der Waals surface area contributed by atoms with Crippen LogP contribution < -0.4 is 5.32 Å². The molecule has 0 spiro atoms. The highest BCUT2D eigenvalue weighted by atomic mass is 16.4. The minimum atomic E-state index is -1.05. The largest absolute Gasteiger partial charge is 0.476 e. The summed E-state index contributed by atoms with van der Waals surface area (Å²) in [5.74, 6) is -0.360. The predicted molar refractivity (Wildman–Crippen MR) is 58.7 cm³/mol. The minimum Gasteiger partial charge on any atom is -0.476 e. The molecule has 6 heteroatoms. The van der Waals surface area contributed by atoms with Gasteiger partial charge in [-0.2, -0.15) is 0 Å². The van der Waals surface area contributed by atoms with Gasteiger partial charge in [0, 0.05) is 6.04 Å². The van der Waals surface area contributed by atoms with Crippen molar-refractivity contribution in [2.24, 2.45) is 0 Å². The van der Waals surface area contributed by atoms with E-state index in [0.717, 1.165) is 0 Å². The first-order valence-corrected chi connectivity index (χ1v) is 4.92. The van der Waals surface area contributed by atoms with Crippen molar-refractivity contribution in [1.82, 2.24) is 14.6 Å². The number of rotatable bonds is 3. The van der Waals surface area contributed by atoms with Gasteiger partial charge in [0.2, 0.25) is 0 Å². The summed E-state index contributed by atoms with van der Waals surface area (Å²) in [4.78, 5) is 14.6. The lowest BCUT2D eigenvalue weighted by atomic mass is 10.4. The molecule has 16 heavy (non-hydrogen) atoms. The monoisotopic (exact) mass is 220 g/mol. The summed E-state index contributed by atoms with van der Waals surface area (Å²) in [5, 5.41) is 16.1. The van der Waals surface area contributed by atoms with Gasteiger partial charge in [0.15, 0.2) is 11.3 Å². The molecule has 2 heterocycles. The zero-order chi connectivity index (χ0) is 11.7. The molecule has 6 nitrogen and oxygen atoms in total. The Morgan fingerprint density at radius 2 is 2.25 bits per heavy atom. The summed E-state index contributed by atoms with van der Waals surface area (Å²) in [5.41, 5.74) is 0.515. The highest BCUT2D eigenvalue weighted by molar-refractivity contribution is 5.86. The Labute approximate surface area is 91.9 Å². The summed E-state index contributed by atoms with van der Waals surface area (Å²) in [6.45, 7) is 4.00. The number of aromatic nitrogens is 3. The van der Waals surface area contributed by atoms with Crippen LogP contribution >= 0.6 is 0 Å². The molecule has 2 aromatic heterocycles. The Kier molecular flexibility index (Phi) is 2.47. The second kappa shape index (κ2) is 3.80. The number of hydrogen-bond acceptors (Lipinski definition) is 4. The molecular formula is C10H12N4O2. The van der Waals surface area contributed by atoms with Crippen LogP contribution in [-0.4, -0.2) is 31.7 Å². The van der Waals surface area contributed by atoms with Crippen LogP contribution in [0.3, 0.4) is 0 Å². The van der Waals surface area contributed by atoms with Crippen LogP contribution in [0.1, 0.15) is 24.3 Å². The standard InChI is InChI=1S/C10H12N4O2/c1-6(2)11-8-3-4-9-12-7(10(15)16)5-14(9)13-8/h3-6H,1-2H3,(H,11,13)(H,15,16). The van der Waals surface area contributed by atoms with E-state index in [1.54, 1.807) is 12.1 Å². The predicted octanol–water partition coefficient (Wildman–Crippen LogP) is 1.25. The van der Waals surface area contributed by atoms with Gasteiger partial charge in [-0.15, -0.1) is 5.10 Å². The molecule has 0 aliphatic heterocycles. The Hall–Kier alpha value is -2.11. The Morgan fingerprint density at radius 3 is 2.88 bits per heavy atom. The molecule has 0 aliphatic carbocycles. The molecule has 2 rings (SSSR count). The fraction of sp³-hybridized carbons (Fsp3) is 0.300. The van der Waals surface area contributed by atoms with Gasteiger partial charge in [0.1, 0.15) is 5.82 Å². The summed E-state index contributed by atoms with van der Waals surface area (Å²) < 4.78 is 1.45. The number of aromatic carboxylic acids is 1. The van der Waals surface area contributed by atoms with E-state index in [-0.39, 0.29) is 11.7 Å². The van der Waals surface area contributed by atoms with Crippen LogP contribution in [0.15, 0.2) is 18.3 Å². The molecule has 0 bridgehead atoms. The molecule has 0 aromatic carbocycles. The summed E-state index contributed by atoms with van der Waals surface area (Å²) >= 11 is 0. The van der Waals surface area contributed by atoms with Gasteiger partial charge >= 0.3 is 5.97 Å². The van der Waals surface area contributed by atoms with E-state index in [1.165, 1.54) is 10.7 Å². The van der Waals surface area contributed by atoms with Crippen molar-refractivity contribution >= 4 is 17.4 Å². The molecule has 0 unspecified atom stereocenters. The number of carbonyl (C=O) groups is 1. The van der Waals surface area contributed by atoms with E-state index in [9.17, 15) is 4.79 Å². The zero-order valence-corrected chi connectivity index (χ0v) is 9.01.